The molecule has 0 aliphatic carbocycles. The van der Waals surface area contributed by atoms with Gasteiger partial charge in [0.2, 0.25) is 5.65 Å². The lowest BCUT2D eigenvalue weighted by Gasteiger charge is -2.10. The highest BCUT2D eigenvalue weighted by molar-refractivity contribution is 6.33. The summed E-state index contributed by atoms with van der Waals surface area (Å²) in [5, 5.41) is 12.5. The van der Waals surface area contributed by atoms with Gasteiger partial charge in [-0.3, -0.25) is 9.20 Å². The number of anilines is 1. The number of rotatable bonds is 8. The molecule has 0 aliphatic heterocycles. The molecule has 6 nitrogen and oxygen atoms in total. The van der Waals surface area contributed by atoms with E-state index in [2.05, 4.69) is 34.6 Å². The molecule has 0 fully saturated rings. The summed E-state index contributed by atoms with van der Waals surface area (Å²) in [5.41, 5.74) is 4.43. The fraction of sp³-hybridized carbons (Fsp3) is 0.304. The molecule has 1 N–H and O–H groups in total. The molecule has 0 amide bonds. The summed E-state index contributed by atoms with van der Waals surface area (Å²) in [6, 6.07) is 13.4. The SMILES string of the molecule is Cc1ccc2nc(NCCCCCC(=O)c3ccccc3Cl)c3nnc(C)n3c2c1. The van der Waals surface area contributed by atoms with Crippen molar-refractivity contribution in [1.29, 1.82) is 0 Å². The van der Waals surface area contributed by atoms with E-state index in [1.807, 2.05) is 29.5 Å². The fourth-order valence-electron chi connectivity index (χ4n) is 3.62. The van der Waals surface area contributed by atoms with Crippen LogP contribution in [0.4, 0.5) is 5.82 Å². The van der Waals surface area contributed by atoms with E-state index < -0.39 is 0 Å². The minimum Gasteiger partial charge on any atom is -0.367 e. The molecule has 0 aliphatic rings. The Balaban J connectivity index is 1.36. The van der Waals surface area contributed by atoms with Gasteiger partial charge < -0.3 is 5.32 Å². The van der Waals surface area contributed by atoms with Crippen molar-refractivity contribution in [3.63, 3.8) is 0 Å². The maximum atomic E-state index is 12.3. The molecule has 2 heterocycles. The van der Waals surface area contributed by atoms with Gasteiger partial charge in [-0.05, 0) is 56.5 Å². The van der Waals surface area contributed by atoms with E-state index in [4.69, 9.17) is 16.6 Å². The van der Waals surface area contributed by atoms with E-state index in [0.29, 0.717) is 17.0 Å². The van der Waals surface area contributed by atoms with Gasteiger partial charge in [0, 0.05) is 18.5 Å². The number of hydrogen-bond acceptors (Lipinski definition) is 5. The van der Waals surface area contributed by atoms with Crippen LogP contribution >= 0.6 is 11.6 Å². The predicted molar refractivity (Wildman–Crippen MR) is 121 cm³/mol. The number of Topliss-reactive ketones (excluding diaryl/α,β-unsaturated/α-hetero) is 1. The van der Waals surface area contributed by atoms with Gasteiger partial charge in [0.05, 0.1) is 16.1 Å². The Labute approximate surface area is 180 Å². The highest BCUT2D eigenvalue weighted by Crippen LogP contribution is 2.23. The average Bonchev–Trinajstić information content (AvgIpc) is 3.13. The summed E-state index contributed by atoms with van der Waals surface area (Å²) in [6.07, 6.45) is 3.21. The summed E-state index contributed by atoms with van der Waals surface area (Å²) in [7, 11) is 0. The smallest absolute Gasteiger partial charge is 0.204 e. The molecule has 0 spiro atoms. The summed E-state index contributed by atoms with van der Waals surface area (Å²) in [6.45, 7) is 4.77. The highest BCUT2D eigenvalue weighted by Gasteiger charge is 2.13. The van der Waals surface area contributed by atoms with Gasteiger partial charge in [-0.15, -0.1) is 10.2 Å². The first-order valence-electron chi connectivity index (χ1n) is 10.2. The van der Waals surface area contributed by atoms with Gasteiger partial charge >= 0.3 is 0 Å². The molecule has 2 aromatic carbocycles. The van der Waals surface area contributed by atoms with Crippen LogP contribution in [0.15, 0.2) is 42.5 Å². The molecule has 154 valence electrons. The number of carbonyl (C=O) groups is 1. The molecule has 0 radical (unpaired) electrons. The zero-order valence-electron chi connectivity index (χ0n) is 17.2. The number of aromatic nitrogens is 4. The highest BCUT2D eigenvalue weighted by atomic mass is 35.5. The third kappa shape index (κ3) is 4.14. The molecule has 0 bridgehead atoms. The number of nitrogens with zero attached hydrogens (tertiary/aromatic N) is 4. The second-order valence-corrected chi connectivity index (χ2v) is 7.91. The van der Waals surface area contributed by atoms with Crippen LogP contribution in [0.3, 0.4) is 0 Å². The van der Waals surface area contributed by atoms with Crippen LogP contribution in [-0.2, 0) is 0 Å². The van der Waals surface area contributed by atoms with Crippen molar-refractivity contribution in [3.8, 4) is 0 Å². The second kappa shape index (κ2) is 8.79. The number of ketones is 1. The molecule has 4 rings (SSSR count). The molecular formula is C23H24ClN5O. The van der Waals surface area contributed by atoms with Crippen LogP contribution in [-0.4, -0.2) is 31.9 Å². The second-order valence-electron chi connectivity index (χ2n) is 7.50. The van der Waals surface area contributed by atoms with Gasteiger partial charge in [-0.2, -0.15) is 0 Å². The van der Waals surface area contributed by atoms with Gasteiger partial charge in [0.15, 0.2) is 11.6 Å². The Morgan fingerprint density at radius 2 is 1.90 bits per heavy atom. The Kier molecular flexibility index (Phi) is 5.95. The molecule has 4 aromatic rings. The predicted octanol–water partition coefficient (Wildman–Crippen LogP) is 5.40. The Morgan fingerprint density at radius 1 is 1.07 bits per heavy atom. The number of benzene rings is 2. The van der Waals surface area contributed by atoms with Crippen LogP contribution in [0.25, 0.3) is 16.7 Å². The lowest BCUT2D eigenvalue weighted by Crippen LogP contribution is -2.07. The van der Waals surface area contributed by atoms with Crippen molar-refractivity contribution in [3.05, 3.63) is 64.4 Å². The van der Waals surface area contributed by atoms with Crippen LogP contribution in [0.5, 0.6) is 0 Å². The standard InChI is InChI=1S/C23H24ClN5O/c1-15-11-12-19-20(14-15)29-16(2)27-28-23(29)22(26-19)25-13-7-3-4-10-21(30)17-8-5-6-9-18(17)24/h5-6,8-9,11-12,14H,3-4,7,10,13H2,1-2H3,(H,25,26). The lowest BCUT2D eigenvalue weighted by atomic mass is 10.0. The number of hydrogen-bond donors (Lipinski definition) is 1. The number of unbranched alkanes of at least 4 members (excludes halogenated alkanes) is 2. The fourth-order valence-corrected chi connectivity index (χ4v) is 3.86. The van der Waals surface area contributed by atoms with Crippen molar-refractivity contribution in [1.82, 2.24) is 19.6 Å². The van der Waals surface area contributed by atoms with E-state index >= 15 is 0 Å². The largest absolute Gasteiger partial charge is 0.367 e. The van der Waals surface area contributed by atoms with E-state index in [-0.39, 0.29) is 5.78 Å². The Morgan fingerprint density at radius 3 is 2.73 bits per heavy atom. The first kappa shape index (κ1) is 20.3. The summed E-state index contributed by atoms with van der Waals surface area (Å²) >= 11 is 6.10. The van der Waals surface area contributed by atoms with Crippen molar-refractivity contribution in [2.24, 2.45) is 0 Å². The average molecular weight is 422 g/mol. The first-order chi connectivity index (χ1) is 14.5. The van der Waals surface area contributed by atoms with E-state index in [1.165, 1.54) is 5.56 Å². The molecular weight excluding hydrogens is 398 g/mol. The third-order valence-corrected chi connectivity index (χ3v) is 5.52. The van der Waals surface area contributed by atoms with Gasteiger partial charge in [0.25, 0.3) is 0 Å². The molecule has 30 heavy (non-hydrogen) atoms. The summed E-state index contributed by atoms with van der Waals surface area (Å²) in [4.78, 5) is 17.0. The van der Waals surface area contributed by atoms with Gasteiger partial charge in [-0.25, -0.2) is 4.98 Å². The van der Waals surface area contributed by atoms with Crippen molar-refractivity contribution in [2.75, 3.05) is 11.9 Å². The molecule has 0 atom stereocenters. The number of halogens is 1. The Bertz CT molecular complexity index is 1220. The molecule has 2 aromatic heterocycles. The van der Waals surface area contributed by atoms with Crippen LogP contribution in [0, 0.1) is 13.8 Å². The van der Waals surface area contributed by atoms with Crippen molar-refractivity contribution >= 4 is 39.9 Å². The van der Waals surface area contributed by atoms with Crippen LogP contribution in [0.1, 0.15) is 47.4 Å². The van der Waals surface area contributed by atoms with E-state index in [1.54, 1.807) is 12.1 Å². The minimum absolute atomic E-state index is 0.0979. The summed E-state index contributed by atoms with van der Waals surface area (Å²) < 4.78 is 2.04. The maximum Gasteiger partial charge on any atom is 0.204 e. The normalized spacial score (nSPS) is 11.3. The molecule has 0 unspecified atom stereocenters. The number of fused-ring (bicyclic) bond motifs is 3. The number of carbonyl (C=O) groups excluding carboxylic acids is 1. The zero-order valence-corrected chi connectivity index (χ0v) is 17.9. The molecule has 0 saturated carbocycles. The monoisotopic (exact) mass is 421 g/mol. The minimum atomic E-state index is 0.0979. The molecule has 7 heteroatoms. The topological polar surface area (TPSA) is 72.2 Å². The van der Waals surface area contributed by atoms with E-state index in [0.717, 1.165) is 54.1 Å². The zero-order chi connectivity index (χ0) is 21.1. The lowest BCUT2D eigenvalue weighted by molar-refractivity contribution is 0.0979. The maximum absolute atomic E-state index is 12.3. The quantitative estimate of drug-likeness (QED) is 0.304. The van der Waals surface area contributed by atoms with Crippen molar-refractivity contribution < 1.29 is 4.79 Å². The third-order valence-electron chi connectivity index (χ3n) is 5.19. The Hall–Kier alpha value is -2.99. The van der Waals surface area contributed by atoms with Crippen LogP contribution < -0.4 is 5.32 Å². The van der Waals surface area contributed by atoms with Gasteiger partial charge in [-0.1, -0.05) is 36.2 Å². The molecule has 0 saturated heterocycles. The number of aryl methyl sites for hydroxylation is 2. The first-order valence-corrected chi connectivity index (χ1v) is 10.6. The van der Waals surface area contributed by atoms with E-state index in [9.17, 15) is 4.79 Å². The summed E-state index contributed by atoms with van der Waals surface area (Å²) in [5.74, 6) is 1.67. The van der Waals surface area contributed by atoms with Crippen LogP contribution in [0.2, 0.25) is 5.02 Å². The van der Waals surface area contributed by atoms with Gasteiger partial charge in [0.1, 0.15) is 5.82 Å². The number of nitrogens with one attached hydrogen (secondary N) is 1. The van der Waals surface area contributed by atoms with Crippen molar-refractivity contribution in [2.45, 2.75) is 39.5 Å².